The maximum absolute atomic E-state index is 11.4. The second-order valence-electron chi connectivity index (χ2n) is 3.17. The van der Waals surface area contributed by atoms with Gasteiger partial charge in [0.1, 0.15) is 5.54 Å². The molecule has 1 aromatic rings. The van der Waals surface area contributed by atoms with Crippen molar-refractivity contribution in [2.45, 2.75) is 12.5 Å². The Kier molecular flexibility index (Phi) is 3.29. The molecule has 1 unspecified atom stereocenters. The highest BCUT2D eigenvalue weighted by Crippen LogP contribution is 2.26. The molecular weight excluding hydrogens is 246 g/mol. The van der Waals surface area contributed by atoms with Gasteiger partial charge >= 0.3 is 5.97 Å². The number of rotatable bonds is 2. The third kappa shape index (κ3) is 1.96. The SMILES string of the molecule is COC(=O)C(C)(N)c1ccccc1Br. The molecular formula is C10H12BrNO2. The molecule has 4 heteroatoms. The van der Waals surface area contributed by atoms with E-state index in [1.165, 1.54) is 7.11 Å². The first-order chi connectivity index (χ1) is 6.50. The van der Waals surface area contributed by atoms with Gasteiger partial charge in [0.25, 0.3) is 0 Å². The first-order valence-corrected chi connectivity index (χ1v) is 4.91. The second kappa shape index (κ2) is 4.11. The van der Waals surface area contributed by atoms with Crippen molar-refractivity contribution in [2.24, 2.45) is 5.73 Å². The molecule has 1 rings (SSSR count). The number of esters is 1. The molecule has 3 nitrogen and oxygen atoms in total. The van der Waals surface area contributed by atoms with Crippen molar-refractivity contribution in [2.75, 3.05) is 7.11 Å². The minimum atomic E-state index is -1.12. The number of carbonyl (C=O) groups excluding carboxylic acids is 1. The van der Waals surface area contributed by atoms with Crippen LogP contribution in [0.5, 0.6) is 0 Å². The van der Waals surface area contributed by atoms with Gasteiger partial charge < -0.3 is 10.5 Å². The molecule has 0 saturated heterocycles. The smallest absolute Gasteiger partial charge is 0.330 e. The Hall–Kier alpha value is -0.870. The van der Waals surface area contributed by atoms with Crippen molar-refractivity contribution in [1.82, 2.24) is 0 Å². The van der Waals surface area contributed by atoms with Crippen molar-refractivity contribution in [3.8, 4) is 0 Å². The fourth-order valence-corrected chi connectivity index (χ4v) is 1.90. The van der Waals surface area contributed by atoms with E-state index in [0.29, 0.717) is 5.56 Å². The molecule has 14 heavy (non-hydrogen) atoms. The summed E-state index contributed by atoms with van der Waals surface area (Å²) in [6.45, 7) is 1.62. The lowest BCUT2D eigenvalue weighted by Crippen LogP contribution is -2.42. The van der Waals surface area contributed by atoms with Gasteiger partial charge in [-0.1, -0.05) is 34.1 Å². The highest BCUT2D eigenvalue weighted by molar-refractivity contribution is 9.10. The Bertz CT molecular complexity index is 350. The Balaban J connectivity index is 3.16. The summed E-state index contributed by atoms with van der Waals surface area (Å²) in [6.07, 6.45) is 0. The number of methoxy groups -OCH3 is 1. The van der Waals surface area contributed by atoms with Crippen LogP contribution in [-0.2, 0) is 15.1 Å². The Labute approximate surface area is 91.4 Å². The molecule has 0 aromatic heterocycles. The van der Waals surface area contributed by atoms with Gasteiger partial charge in [0, 0.05) is 4.47 Å². The van der Waals surface area contributed by atoms with Crippen LogP contribution in [0.25, 0.3) is 0 Å². The lowest BCUT2D eigenvalue weighted by atomic mass is 9.93. The van der Waals surface area contributed by atoms with E-state index in [-0.39, 0.29) is 0 Å². The summed E-state index contributed by atoms with van der Waals surface area (Å²) < 4.78 is 5.44. The third-order valence-electron chi connectivity index (χ3n) is 2.04. The molecule has 0 saturated carbocycles. The normalized spacial score (nSPS) is 14.6. The van der Waals surface area contributed by atoms with Crippen LogP contribution in [0.3, 0.4) is 0 Å². The van der Waals surface area contributed by atoms with E-state index in [9.17, 15) is 4.79 Å². The van der Waals surface area contributed by atoms with Gasteiger partial charge in [-0.2, -0.15) is 0 Å². The first kappa shape index (κ1) is 11.2. The maximum Gasteiger partial charge on any atom is 0.330 e. The molecule has 0 spiro atoms. The van der Waals surface area contributed by atoms with E-state index in [2.05, 4.69) is 20.7 Å². The third-order valence-corrected chi connectivity index (χ3v) is 2.73. The lowest BCUT2D eigenvalue weighted by Gasteiger charge is -2.22. The van der Waals surface area contributed by atoms with Crippen LogP contribution in [0, 0.1) is 0 Å². The van der Waals surface area contributed by atoms with E-state index in [4.69, 9.17) is 5.73 Å². The summed E-state index contributed by atoms with van der Waals surface area (Å²) in [6, 6.07) is 7.32. The fraction of sp³-hybridized carbons (Fsp3) is 0.300. The quantitative estimate of drug-likeness (QED) is 0.823. The number of nitrogens with two attached hydrogens (primary N) is 1. The van der Waals surface area contributed by atoms with Gasteiger partial charge in [0.15, 0.2) is 0 Å². The molecule has 2 N–H and O–H groups in total. The predicted molar refractivity (Wildman–Crippen MR) is 57.7 cm³/mol. The monoisotopic (exact) mass is 257 g/mol. The van der Waals surface area contributed by atoms with Crippen LogP contribution < -0.4 is 5.73 Å². The van der Waals surface area contributed by atoms with Crippen LogP contribution in [0.2, 0.25) is 0 Å². The number of hydrogen-bond acceptors (Lipinski definition) is 3. The standard InChI is InChI=1S/C10H12BrNO2/c1-10(12,9(13)14-2)7-5-3-4-6-8(7)11/h3-6H,12H2,1-2H3. The van der Waals surface area contributed by atoms with Crippen LogP contribution in [0.4, 0.5) is 0 Å². The van der Waals surface area contributed by atoms with Crippen LogP contribution in [0.1, 0.15) is 12.5 Å². The topological polar surface area (TPSA) is 52.3 Å². The van der Waals surface area contributed by atoms with Crippen LogP contribution in [0.15, 0.2) is 28.7 Å². The molecule has 0 aliphatic carbocycles. The summed E-state index contributed by atoms with van der Waals surface area (Å²) in [5, 5.41) is 0. The highest BCUT2D eigenvalue weighted by atomic mass is 79.9. The maximum atomic E-state index is 11.4. The van der Waals surface area contributed by atoms with Crippen molar-refractivity contribution < 1.29 is 9.53 Å². The molecule has 0 radical (unpaired) electrons. The molecule has 0 fully saturated rings. The number of carbonyl (C=O) groups is 1. The Morgan fingerprint density at radius 3 is 2.57 bits per heavy atom. The van der Waals surface area contributed by atoms with E-state index in [1.54, 1.807) is 13.0 Å². The Morgan fingerprint density at radius 2 is 2.07 bits per heavy atom. The van der Waals surface area contributed by atoms with Crippen LogP contribution >= 0.6 is 15.9 Å². The largest absolute Gasteiger partial charge is 0.467 e. The first-order valence-electron chi connectivity index (χ1n) is 4.12. The van der Waals surface area contributed by atoms with E-state index in [1.807, 2.05) is 18.2 Å². The zero-order valence-electron chi connectivity index (χ0n) is 8.08. The Morgan fingerprint density at radius 1 is 1.50 bits per heavy atom. The summed E-state index contributed by atoms with van der Waals surface area (Å²) in [7, 11) is 1.32. The molecule has 0 heterocycles. The average molecular weight is 258 g/mol. The van der Waals surface area contributed by atoms with E-state index >= 15 is 0 Å². The minimum absolute atomic E-state index is 0.454. The zero-order chi connectivity index (χ0) is 10.8. The number of ether oxygens (including phenoxy) is 1. The van der Waals surface area contributed by atoms with Crippen molar-refractivity contribution >= 4 is 21.9 Å². The number of benzene rings is 1. The van der Waals surface area contributed by atoms with E-state index in [0.717, 1.165) is 4.47 Å². The molecule has 76 valence electrons. The summed E-state index contributed by atoms with van der Waals surface area (Å²) in [5.74, 6) is -0.454. The minimum Gasteiger partial charge on any atom is -0.467 e. The molecule has 0 bridgehead atoms. The van der Waals surface area contributed by atoms with E-state index < -0.39 is 11.5 Å². The van der Waals surface area contributed by atoms with Gasteiger partial charge in [0.2, 0.25) is 0 Å². The summed E-state index contributed by atoms with van der Waals surface area (Å²) >= 11 is 3.34. The van der Waals surface area contributed by atoms with Gasteiger partial charge in [-0.05, 0) is 18.6 Å². The van der Waals surface area contributed by atoms with Gasteiger partial charge in [-0.3, -0.25) is 0 Å². The molecule has 0 amide bonds. The lowest BCUT2D eigenvalue weighted by molar-refractivity contribution is -0.146. The molecule has 1 aromatic carbocycles. The summed E-state index contributed by atoms with van der Waals surface area (Å²) in [4.78, 5) is 11.4. The molecule has 0 aliphatic heterocycles. The molecule has 1 atom stereocenters. The average Bonchev–Trinajstić information content (AvgIpc) is 2.17. The van der Waals surface area contributed by atoms with Crippen molar-refractivity contribution in [3.05, 3.63) is 34.3 Å². The number of hydrogen-bond donors (Lipinski definition) is 1. The molecule has 0 aliphatic rings. The van der Waals surface area contributed by atoms with Crippen molar-refractivity contribution in [1.29, 1.82) is 0 Å². The second-order valence-corrected chi connectivity index (χ2v) is 4.03. The van der Waals surface area contributed by atoms with Gasteiger partial charge in [-0.25, -0.2) is 4.79 Å². The van der Waals surface area contributed by atoms with Crippen molar-refractivity contribution in [3.63, 3.8) is 0 Å². The van der Waals surface area contributed by atoms with Gasteiger partial charge in [-0.15, -0.1) is 0 Å². The predicted octanol–water partition coefficient (Wildman–Crippen LogP) is 1.80. The fourth-order valence-electron chi connectivity index (χ4n) is 1.20. The highest BCUT2D eigenvalue weighted by Gasteiger charge is 2.33. The zero-order valence-corrected chi connectivity index (χ0v) is 9.67. The summed E-state index contributed by atoms with van der Waals surface area (Å²) in [5.41, 5.74) is 5.49. The van der Waals surface area contributed by atoms with Gasteiger partial charge in [0.05, 0.1) is 7.11 Å². The van der Waals surface area contributed by atoms with Crippen LogP contribution in [-0.4, -0.2) is 13.1 Å². The number of halogens is 1.